The van der Waals surface area contributed by atoms with Crippen LogP contribution in [0.2, 0.25) is 0 Å². The Kier molecular flexibility index (Phi) is 9.25. The molecule has 0 aromatic heterocycles. The molecule has 6 heteroatoms. The molecule has 6 nitrogen and oxygen atoms in total. The third kappa shape index (κ3) is 8.84. The molecule has 1 rings (SSSR count). The van der Waals surface area contributed by atoms with Crippen LogP contribution in [0.15, 0.2) is 40.6 Å². The van der Waals surface area contributed by atoms with Gasteiger partial charge in [-0.3, -0.25) is 0 Å². The lowest BCUT2D eigenvalue weighted by Crippen LogP contribution is -2.03. The van der Waals surface area contributed by atoms with E-state index in [1.807, 2.05) is 30.3 Å². The van der Waals surface area contributed by atoms with Crippen LogP contribution in [-0.4, -0.2) is 18.8 Å². The Labute approximate surface area is 130 Å². The first-order chi connectivity index (χ1) is 10.7. The molecule has 0 heterocycles. The minimum Gasteiger partial charge on any atom is -0.447 e. The van der Waals surface area contributed by atoms with Gasteiger partial charge in [0.2, 0.25) is 0 Å². The van der Waals surface area contributed by atoms with Gasteiger partial charge in [0.1, 0.15) is 6.61 Å². The fourth-order valence-corrected chi connectivity index (χ4v) is 1.72. The number of benzene rings is 1. The van der Waals surface area contributed by atoms with Crippen LogP contribution >= 0.6 is 0 Å². The first kappa shape index (κ1) is 17.8. The molecule has 1 aromatic rings. The van der Waals surface area contributed by atoms with Gasteiger partial charge in [-0.25, -0.2) is 9.59 Å². The van der Waals surface area contributed by atoms with Crippen molar-refractivity contribution in [2.45, 2.75) is 45.6 Å². The zero-order chi connectivity index (χ0) is 16.0. The topological polar surface area (TPSA) is 77.3 Å². The van der Waals surface area contributed by atoms with Gasteiger partial charge in [-0.1, -0.05) is 73.2 Å². The normalized spacial score (nSPS) is 10.6. The lowest BCUT2D eigenvalue weighted by Gasteiger charge is -2.01. The summed E-state index contributed by atoms with van der Waals surface area (Å²) in [5.41, 5.74) is 0.834. The van der Waals surface area contributed by atoms with Crippen molar-refractivity contribution in [1.82, 2.24) is 0 Å². The van der Waals surface area contributed by atoms with E-state index in [4.69, 9.17) is 9.47 Å². The zero-order valence-electron chi connectivity index (χ0n) is 12.9. The SMILES string of the molecule is CCCCCCCOC(=O)/N=N/C(=O)OCc1ccccc1. The minimum atomic E-state index is -0.913. The number of carbonyl (C=O) groups is 2. The van der Waals surface area contributed by atoms with Crippen LogP contribution < -0.4 is 0 Å². The predicted octanol–water partition coefficient (Wildman–Crippen LogP) is 4.88. The van der Waals surface area contributed by atoms with E-state index in [0.717, 1.165) is 24.8 Å². The summed E-state index contributed by atoms with van der Waals surface area (Å²) in [5.74, 6) is 0. The van der Waals surface area contributed by atoms with Gasteiger partial charge in [0, 0.05) is 0 Å². The van der Waals surface area contributed by atoms with Gasteiger partial charge in [0.05, 0.1) is 6.61 Å². The highest BCUT2D eigenvalue weighted by Gasteiger charge is 2.04. The number of azo groups is 1. The number of unbranched alkanes of at least 4 members (excludes halogenated alkanes) is 4. The van der Waals surface area contributed by atoms with E-state index < -0.39 is 12.2 Å². The molecule has 0 saturated carbocycles. The van der Waals surface area contributed by atoms with Crippen LogP contribution in [0.5, 0.6) is 0 Å². The lowest BCUT2D eigenvalue weighted by molar-refractivity contribution is 0.141. The summed E-state index contributed by atoms with van der Waals surface area (Å²) >= 11 is 0. The van der Waals surface area contributed by atoms with Crippen LogP contribution in [0.4, 0.5) is 9.59 Å². The maximum Gasteiger partial charge on any atom is 0.452 e. The van der Waals surface area contributed by atoms with Gasteiger partial charge >= 0.3 is 12.2 Å². The molecule has 0 aliphatic rings. The van der Waals surface area contributed by atoms with Gasteiger partial charge in [-0.15, -0.1) is 0 Å². The lowest BCUT2D eigenvalue weighted by atomic mass is 10.2. The van der Waals surface area contributed by atoms with Gasteiger partial charge in [-0.2, -0.15) is 0 Å². The fraction of sp³-hybridized carbons (Fsp3) is 0.500. The second kappa shape index (κ2) is 11.4. The molecule has 0 unspecified atom stereocenters. The Hall–Kier alpha value is -2.24. The molecule has 0 aliphatic heterocycles. The molecule has 0 fully saturated rings. The fourth-order valence-electron chi connectivity index (χ4n) is 1.72. The molecule has 0 atom stereocenters. The minimum absolute atomic E-state index is 0.0885. The maximum absolute atomic E-state index is 11.3. The van der Waals surface area contributed by atoms with Crippen molar-refractivity contribution in [3.63, 3.8) is 0 Å². The van der Waals surface area contributed by atoms with E-state index in [0.29, 0.717) is 6.61 Å². The molecule has 1 aromatic carbocycles. The molecule has 22 heavy (non-hydrogen) atoms. The Morgan fingerprint density at radius 1 is 0.909 bits per heavy atom. The molecule has 120 valence electrons. The average Bonchev–Trinajstić information content (AvgIpc) is 2.55. The smallest absolute Gasteiger partial charge is 0.447 e. The van der Waals surface area contributed by atoms with Gasteiger partial charge in [0.15, 0.2) is 0 Å². The Balaban J connectivity index is 2.12. The Bertz CT molecular complexity index is 474. The Morgan fingerprint density at radius 3 is 2.23 bits per heavy atom. The van der Waals surface area contributed by atoms with E-state index in [2.05, 4.69) is 17.2 Å². The largest absolute Gasteiger partial charge is 0.452 e. The summed E-state index contributed by atoms with van der Waals surface area (Å²) < 4.78 is 9.67. The molecule has 0 radical (unpaired) electrons. The number of amides is 2. The van der Waals surface area contributed by atoms with Gasteiger partial charge in [0.25, 0.3) is 0 Å². The van der Waals surface area contributed by atoms with Crippen molar-refractivity contribution in [1.29, 1.82) is 0 Å². The van der Waals surface area contributed by atoms with Crippen LogP contribution in [0, 0.1) is 0 Å². The number of carbonyl (C=O) groups excluding carboxylic acids is 2. The maximum atomic E-state index is 11.3. The molecular weight excluding hydrogens is 284 g/mol. The van der Waals surface area contributed by atoms with Crippen LogP contribution in [-0.2, 0) is 16.1 Å². The highest BCUT2D eigenvalue weighted by atomic mass is 16.6. The van der Waals surface area contributed by atoms with Crippen LogP contribution in [0.25, 0.3) is 0 Å². The monoisotopic (exact) mass is 306 g/mol. The van der Waals surface area contributed by atoms with E-state index in [9.17, 15) is 9.59 Å². The summed E-state index contributed by atoms with van der Waals surface area (Å²) in [5, 5.41) is 6.32. The van der Waals surface area contributed by atoms with Gasteiger partial charge < -0.3 is 9.47 Å². The zero-order valence-corrected chi connectivity index (χ0v) is 12.9. The summed E-state index contributed by atoms with van der Waals surface area (Å²) in [6.45, 7) is 2.52. The number of hydrogen-bond acceptors (Lipinski definition) is 4. The third-order valence-electron chi connectivity index (χ3n) is 2.89. The van der Waals surface area contributed by atoms with Crippen molar-refractivity contribution in [2.75, 3.05) is 6.61 Å². The molecule has 0 aliphatic carbocycles. The van der Waals surface area contributed by atoms with E-state index in [1.165, 1.54) is 12.8 Å². The number of nitrogens with zero attached hydrogens (tertiary/aromatic N) is 2. The van der Waals surface area contributed by atoms with Crippen molar-refractivity contribution in [2.24, 2.45) is 10.2 Å². The number of rotatable bonds is 8. The van der Waals surface area contributed by atoms with E-state index in [-0.39, 0.29) is 6.61 Å². The molecule has 0 spiro atoms. The highest BCUT2D eigenvalue weighted by Crippen LogP contribution is 2.04. The molecule has 2 amide bonds. The van der Waals surface area contributed by atoms with Crippen LogP contribution in [0.3, 0.4) is 0 Å². The Morgan fingerprint density at radius 2 is 1.55 bits per heavy atom. The number of hydrogen-bond donors (Lipinski definition) is 0. The van der Waals surface area contributed by atoms with Crippen molar-refractivity contribution < 1.29 is 19.1 Å². The first-order valence-corrected chi connectivity index (χ1v) is 7.51. The molecule has 0 N–H and O–H groups in total. The second-order valence-electron chi connectivity index (χ2n) is 4.77. The third-order valence-corrected chi connectivity index (χ3v) is 2.89. The summed E-state index contributed by atoms with van der Waals surface area (Å²) in [6.07, 6.45) is 3.49. The molecular formula is C16H22N2O4. The van der Waals surface area contributed by atoms with Crippen molar-refractivity contribution in [3.8, 4) is 0 Å². The van der Waals surface area contributed by atoms with Crippen molar-refractivity contribution in [3.05, 3.63) is 35.9 Å². The van der Waals surface area contributed by atoms with Crippen molar-refractivity contribution >= 4 is 12.2 Å². The molecule has 0 saturated heterocycles. The summed E-state index contributed by atoms with van der Waals surface area (Å²) in [7, 11) is 0. The number of ether oxygens (including phenoxy) is 2. The quantitative estimate of drug-likeness (QED) is 0.506. The second-order valence-corrected chi connectivity index (χ2v) is 4.77. The molecule has 0 bridgehead atoms. The van der Waals surface area contributed by atoms with E-state index in [1.54, 1.807) is 0 Å². The highest BCUT2D eigenvalue weighted by molar-refractivity contribution is 5.73. The van der Waals surface area contributed by atoms with Gasteiger partial charge in [-0.05, 0) is 12.0 Å². The average molecular weight is 306 g/mol. The summed E-state index contributed by atoms with van der Waals surface area (Å²) in [6, 6.07) is 9.17. The van der Waals surface area contributed by atoms with Crippen LogP contribution in [0.1, 0.15) is 44.6 Å². The predicted molar refractivity (Wildman–Crippen MR) is 81.6 cm³/mol. The van der Waals surface area contributed by atoms with E-state index >= 15 is 0 Å². The first-order valence-electron chi connectivity index (χ1n) is 7.51. The standard InChI is InChI=1S/C16H22N2O4/c1-2-3-4-5-9-12-21-15(19)17-18-16(20)22-13-14-10-7-6-8-11-14/h6-8,10-11H,2-5,9,12-13H2,1H3/b18-17+. The summed E-state index contributed by atoms with van der Waals surface area (Å²) in [4.78, 5) is 22.5.